The monoisotopic (exact) mass is 460 g/mol. The van der Waals surface area contributed by atoms with Crippen LogP contribution in [0.2, 0.25) is 0 Å². The van der Waals surface area contributed by atoms with Gasteiger partial charge in [0.15, 0.2) is 23.9 Å². The van der Waals surface area contributed by atoms with Gasteiger partial charge in [-0.3, -0.25) is 25.2 Å². The van der Waals surface area contributed by atoms with Gasteiger partial charge < -0.3 is 14.2 Å². The Morgan fingerprint density at radius 2 is 1.41 bits per heavy atom. The molecule has 3 aromatic rings. The van der Waals surface area contributed by atoms with Gasteiger partial charge in [-0.15, -0.1) is 0 Å². The molecule has 34 heavy (non-hydrogen) atoms. The molecular formula is C25H20N2O7. The summed E-state index contributed by atoms with van der Waals surface area (Å²) >= 11 is 0. The summed E-state index contributed by atoms with van der Waals surface area (Å²) in [4.78, 5) is 49.6. The van der Waals surface area contributed by atoms with E-state index in [9.17, 15) is 19.2 Å². The predicted molar refractivity (Wildman–Crippen MR) is 120 cm³/mol. The molecule has 0 aromatic heterocycles. The topological polar surface area (TPSA) is 120 Å². The second kappa shape index (κ2) is 10.3. The van der Waals surface area contributed by atoms with Crippen molar-refractivity contribution in [3.8, 4) is 11.5 Å². The molecule has 0 radical (unpaired) electrons. The number of hydrogen-bond donors (Lipinski definition) is 2. The summed E-state index contributed by atoms with van der Waals surface area (Å²) < 4.78 is 16.0. The fraction of sp³-hybridized carbons (Fsp3) is 0.120. The quantitative estimate of drug-likeness (QED) is 0.329. The first-order valence-electron chi connectivity index (χ1n) is 10.4. The lowest BCUT2D eigenvalue weighted by atomic mass is 9.98. The van der Waals surface area contributed by atoms with E-state index in [2.05, 4.69) is 10.9 Å². The number of esters is 1. The van der Waals surface area contributed by atoms with E-state index >= 15 is 0 Å². The molecule has 2 amide bonds. The fourth-order valence-corrected chi connectivity index (χ4v) is 3.23. The van der Waals surface area contributed by atoms with Crippen LogP contribution in [-0.2, 0) is 9.53 Å². The molecule has 0 aliphatic carbocycles. The van der Waals surface area contributed by atoms with E-state index in [0.717, 1.165) is 0 Å². The normalized spacial score (nSPS) is 11.8. The van der Waals surface area contributed by atoms with Gasteiger partial charge in [0.05, 0.1) is 5.56 Å². The summed E-state index contributed by atoms with van der Waals surface area (Å²) in [7, 11) is 0. The molecule has 9 heteroatoms. The zero-order valence-corrected chi connectivity index (χ0v) is 17.9. The number of hydrazine groups is 1. The molecule has 2 N–H and O–H groups in total. The van der Waals surface area contributed by atoms with Gasteiger partial charge >= 0.3 is 5.97 Å². The number of rotatable bonds is 6. The summed E-state index contributed by atoms with van der Waals surface area (Å²) in [5, 5.41) is 0. The maximum Gasteiger partial charge on any atom is 0.339 e. The minimum absolute atomic E-state index is 0.00325. The average molecular weight is 460 g/mol. The number of ether oxygens (including phenoxy) is 3. The van der Waals surface area contributed by atoms with Crippen LogP contribution in [-0.4, -0.2) is 43.4 Å². The van der Waals surface area contributed by atoms with Gasteiger partial charge in [-0.2, -0.15) is 0 Å². The van der Waals surface area contributed by atoms with Crippen molar-refractivity contribution in [2.24, 2.45) is 0 Å². The van der Waals surface area contributed by atoms with Crippen molar-refractivity contribution in [2.75, 3.05) is 19.8 Å². The Hall–Kier alpha value is -4.66. The number of amides is 2. The lowest BCUT2D eigenvalue weighted by Crippen LogP contribution is -2.43. The smallest absolute Gasteiger partial charge is 0.339 e. The van der Waals surface area contributed by atoms with Crippen molar-refractivity contribution in [2.45, 2.75) is 0 Å². The Balaban J connectivity index is 1.38. The third-order valence-corrected chi connectivity index (χ3v) is 4.88. The Kier molecular flexibility index (Phi) is 6.83. The summed E-state index contributed by atoms with van der Waals surface area (Å²) in [5.74, 6) is -1.54. The van der Waals surface area contributed by atoms with Gasteiger partial charge in [0.2, 0.25) is 0 Å². The van der Waals surface area contributed by atoms with Gasteiger partial charge in [0.25, 0.3) is 11.8 Å². The molecule has 0 spiro atoms. The lowest BCUT2D eigenvalue weighted by molar-refractivity contribution is -0.125. The van der Waals surface area contributed by atoms with Crippen LogP contribution in [0.5, 0.6) is 11.5 Å². The minimum atomic E-state index is -0.856. The summed E-state index contributed by atoms with van der Waals surface area (Å²) in [6.45, 7) is 0.153. The summed E-state index contributed by atoms with van der Waals surface area (Å²) in [5.41, 5.74) is 5.18. The minimum Gasteiger partial charge on any atom is -0.486 e. The average Bonchev–Trinajstić information content (AvgIpc) is 2.90. The van der Waals surface area contributed by atoms with Gasteiger partial charge in [0, 0.05) is 16.7 Å². The van der Waals surface area contributed by atoms with Crippen molar-refractivity contribution in [3.05, 3.63) is 95.1 Å². The van der Waals surface area contributed by atoms with Crippen LogP contribution in [0, 0.1) is 0 Å². The van der Waals surface area contributed by atoms with Crippen LogP contribution in [0.1, 0.15) is 36.6 Å². The molecule has 1 aliphatic rings. The molecule has 0 saturated carbocycles. The highest BCUT2D eigenvalue weighted by atomic mass is 16.6. The Morgan fingerprint density at radius 3 is 2.18 bits per heavy atom. The highest BCUT2D eigenvalue weighted by molar-refractivity contribution is 6.14. The molecule has 3 aromatic carbocycles. The molecule has 0 bridgehead atoms. The zero-order chi connectivity index (χ0) is 23.9. The molecule has 0 fully saturated rings. The highest BCUT2D eigenvalue weighted by Gasteiger charge is 2.22. The van der Waals surface area contributed by atoms with Gasteiger partial charge in [0.1, 0.15) is 13.2 Å². The Morgan fingerprint density at radius 1 is 0.735 bits per heavy atom. The zero-order valence-electron chi connectivity index (χ0n) is 17.9. The lowest BCUT2D eigenvalue weighted by Gasteiger charge is -2.18. The van der Waals surface area contributed by atoms with Gasteiger partial charge in [-0.1, -0.05) is 36.4 Å². The first kappa shape index (κ1) is 22.5. The van der Waals surface area contributed by atoms with E-state index in [4.69, 9.17) is 14.2 Å². The van der Waals surface area contributed by atoms with E-state index in [1.54, 1.807) is 60.7 Å². The van der Waals surface area contributed by atoms with Crippen molar-refractivity contribution < 1.29 is 33.4 Å². The van der Waals surface area contributed by atoms with Gasteiger partial charge in [-0.05, 0) is 36.4 Å². The van der Waals surface area contributed by atoms with E-state index in [0.29, 0.717) is 35.8 Å². The van der Waals surface area contributed by atoms with Crippen LogP contribution >= 0.6 is 0 Å². The predicted octanol–water partition coefficient (Wildman–Crippen LogP) is 2.31. The van der Waals surface area contributed by atoms with E-state index < -0.39 is 30.2 Å². The second-order valence-corrected chi connectivity index (χ2v) is 7.18. The largest absolute Gasteiger partial charge is 0.486 e. The van der Waals surface area contributed by atoms with E-state index in [1.807, 2.05) is 0 Å². The number of hydrogen-bond acceptors (Lipinski definition) is 7. The molecular weight excluding hydrogens is 440 g/mol. The van der Waals surface area contributed by atoms with Gasteiger partial charge in [-0.25, -0.2) is 4.79 Å². The van der Waals surface area contributed by atoms with Crippen LogP contribution < -0.4 is 20.3 Å². The maximum atomic E-state index is 13.1. The Bertz CT molecular complexity index is 1240. The first-order chi connectivity index (χ1) is 16.5. The molecule has 1 heterocycles. The standard InChI is InChI=1S/C25H20N2O7/c28-22(26-27-24(30)16-6-2-1-3-7-16)15-34-25(31)19-9-5-4-8-18(19)23(29)17-10-11-20-21(14-17)33-13-12-32-20/h1-11,14H,12-13,15H2,(H,26,28)(H,27,30). The van der Waals surface area contributed by atoms with Crippen LogP contribution in [0.15, 0.2) is 72.8 Å². The van der Waals surface area contributed by atoms with Crippen molar-refractivity contribution in [3.63, 3.8) is 0 Å². The third-order valence-electron chi connectivity index (χ3n) is 4.88. The second-order valence-electron chi connectivity index (χ2n) is 7.18. The summed E-state index contributed by atoms with van der Waals surface area (Å²) in [6, 6.07) is 19.2. The van der Waals surface area contributed by atoms with E-state index in [1.165, 1.54) is 12.1 Å². The van der Waals surface area contributed by atoms with Crippen molar-refractivity contribution >= 4 is 23.6 Å². The SMILES string of the molecule is O=C(COC(=O)c1ccccc1C(=O)c1ccc2c(c1)OCCO2)NNC(=O)c1ccccc1. The maximum absolute atomic E-state index is 13.1. The number of nitrogens with one attached hydrogen (secondary N) is 2. The molecule has 0 atom stereocenters. The van der Waals surface area contributed by atoms with E-state index in [-0.39, 0.29) is 11.1 Å². The number of benzene rings is 3. The molecule has 0 unspecified atom stereocenters. The van der Waals surface area contributed by atoms with Crippen LogP contribution in [0.4, 0.5) is 0 Å². The molecule has 0 saturated heterocycles. The number of ketones is 1. The Labute approximate surface area is 194 Å². The van der Waals surface area contributed by atoms with Crippen LogP contribution in [0.3, 0.4) is 0 Å². The number of fused-ring (bicyclic) bond motifs is 1. The molecule has 4 rings (SSSR count). The molecule has 172 valence electrons. The molecule has 1 aliphatic heterocycles. The van der Waals surface area contributed by atoms with Crippen molar-refractivity contribution in [1.29, 1.82) is 0 Å². The number of carbonyl (C=O) groups is 4. The van der Waals surface area contributed by atoms with Crippen LogP contribution in [0.25, 0.3) is 0 Å². The van der Waals surface area contributed by atoms with Crippen molar-refractivity contribution in [1.82, 2.24) is 10.9 Å². The molecule has 9 nitrogen and oxygen atoms in total. The fourth-order valence-electron chi connectivity index (χ4n) is 3.23. The highest BCUT2D eigenvalue weighted by Crippen LogP contribution is 2.31. The third kappa shape index (κ3) is 5.21. The number of carbonyl (C=O) groups excluding carboxylic acids is 4. The first-order valence-corrected chi connectivity index (χ1v) is 10.4. The summed E-state index contributed by atoms with van der Waals surface area (Å²) in [6.07, 6.45) is 0.